The highest BCUT2D eigenvalue weighted by molar-refractivity contribution is 5.39. The molecule has 0 saturated carbocycles. The van der Waals surface area contributed by atoms with Crippen molar-refractivity contribution in [2.45, 2.75) is 39.2 Å². The average molecular weight is 276 g/mol. The highest BCUT2D eigenvalue weighted by Gasteiger charge is 2.17. The molecule has 2 N–H and O–H groups in total. The summed E-state index contributed by atoms with van der Waals surface area (Å²) in [7, 11) is 0. The summed E-state index contributed by atoms with van der Waals surface area (Å²) in [4.78, 5) is 9.47. The predicted molar refractivity (Wildman–Crippen MR) is 84.9 cm³/mol. The lowest BCUT2D eigenvalue weighted by Crippen LogP contribution is -2.46. The number of piperazine rings is 1. The molecule has 0 aliphatic carbocycles. The maximum absolute atomic E-state index is 5.60. The summed E-state index contributed by atoms with van der Waals surface area (Å²) in [5.41, 5.74) is 6.70. The van der Waals surface area contributed by atoms with E-state index in [2.05, 4.69) is 33.8 Å². The number of rotatable bonds is 7. The standard InChI is InChI=1S/C16H28N4/c1-2-3-4-5-8-19-9-11-20(12-10-19)16-7-6-15(13-17)14-18-16/h6-7,14H,2-5,8-13,17H2,1H3. The summed E-state index contributed by atoms with van der Waals surface area (Å²) in [6.07, 6.45) is 7.30. The Balaban J connectivity index is 1.73. The second-order valence-electron chi connectivity index (χ2n) is 5.62. The summed E-state index contributed by atoms with van der Waals surface area (Å²) in [5.74, 6) is 1.09. The Morgan fingerprint density at radius 2 is 1.90 bits per heavy atom. The fourth-order valence-corrected chi connectivity index (χ4v) is 2.69. The first kappa shape index (κ1) is 15.3. The van der Waals surface area contributed by atoms with E-state index in [0.717, 1.165) is 37.6 Å². The monoisotopic (exact) mass is 276 g/mol. The molecule has 1 aromatic rings. The molecule has 1 aliphatic rings. The van der Waals surface area contributed by atoms with Crippen LogP contribution in [0, 0.1) is 0 Å². The molecule has 1 saturated heterocycles. The summed E-state index contributed by atoms with van der Waals surface area (Å²) in [6.45, 7) is 8.58. The van der Waals surface area contributed by atoms with E-state index >= 15 is 0 Å². The average Bonchev–Trinajstić information content (AvgIpc) is 2.52. The minimum Gasteiger partial charge on any atom is -0.354 e. The van der Waals surface area contributed by atoms with Gasteiger partial charge in [-0.15, -0.1) is 0 Å². The minimum atomic E-state index is 0.568. The van der Waals surface area contributed by atoms with Crippen molar-refractivity contribution in [3.05, 3.63) is 23.9 Å². The molecule has 1 aliphatic heterocycles. The maximum Gasteiger partial charge on any atom is 0.128 e. The largest absolute Gasteiger partial charge is 0.354 e. The van der Waals surface area contributed by atoms with E-state index in [1.807, 2.05) is 6.20 Å². The molecule has 0 radical (unpaired) electrons. The molecule has 1 aromatic heterocycles. The van der Waals surface area contributed by atoms with E-state index in [0.29, 0.717) is 6.54 Å². The van der Waals surface area contributed by atoms with Crippen LogP contribution in [-0.4, -0.2) is 42.6 Å². The molecule has 0 amide bonds. The lowest BCUT2D eigenvalue weighted by Gasteiger charge is -2.35. The first-order valence-electron chi connectivity index (χ1n) is 7.95. The van der Waals surface area contributed by atoms with Crippen molar-refractivity contribution in [2.24, 2.45) is 5.73 Å². The van der Waals surface area contributed by atoms with Crippen molar-refractivity contribution in [2.75, 3.05) is 37.6 Å². The van der Waals surface area contributed by atoms with Crippen LogP contribution in [0.2, 0.25) is 0 Å². The van der Waals surface area contributed by atoms with Gasteiger partial charge in [0, 0.05) is 38.9 Å². The zero-order valence-electron chi connectivity index (χ0n) is 12.7. The Kier molecular flexibility index (Phi) is 6.27. The Labute approximate surface area is 123 Å². The second-order valence-corrected chi connectivity index (χ2v) is 5.62. The van der Waals surface area contributed by atoms with Gasteiger partial charge >= 0.3 is 0 Å². The van der Waals surface area contributed by atoms with Crippen LogP contribution in [-0.2, 0) is 6.54 Å². The number of nitrogens with two attached hydrogens (primary N) is 1. The van der Waals surface area contributed by atoms with E-state index in [-0.39, 0.29) is 0 Å². The number of unbranched alkanes of at least 4 members (excludes halogenated alkanes) is 3. The highest BCUT2D eigenvalue weighted by atomic mass is 15.3. The number of anilines is 1. The molecule has 20 heavy (non-hydrogen) atoms. The van der Waals surface area contributed by atoms with Crippen LogP contribution in [0.3, 0.4) is 0 Å². The van der Waals surface area contributed by atoms with Crippen LogP contribution in [0.15, 0.2) is 18.3 Å². The fraction of sp³-hybridized carbons (Fsp3) is 0.688. The van der Waals surface area contributed by atoms with Crippen molar-refractivity contribution in [3.63, 3.8) is 0 Å². The smallest absolute Gasteiger partial charge is 0.128 e. The van der Waals surface area contributed by atoms with Crippen LogP contribution in [0.5, 0.6) is 0 Å². The zero-order valence-corrected chi connectivity index (χ0v) is 12.7. The molecule has 112 valence electrons. The number of nitrogens with zero attached hydrogens (tertiary/aromatic N) is 3. The molecular formula is C16H28N4. The quantitative estimate of drug-likeness (QED) is 0.776. The van der Waals surface area contributed by atoms with Gasteiger partial charge in [0.2, 0.25) is 0 Å². The molecule has 4 heteroatoms. The van der Waals surface area contributed by atoms with Crippen molar-refractivity contribution in [1.29, 1.82) is 0 Å². The Bertz CT molecular complexity index is 369. The number of aromatic nitrogens is 1. The summed E-state index contributed by atoms with van der Waals surface area (Å²) in [5, 5.41) is 0. The van der Waals surface area contributed by atoms with Crippen LogP contribution in [0.4, 0.5) is 5.82 Å². The molecule has 0 atom stereocenters. The first-order chi connectivity index (χ1) is 9.83. The SMILES string of the molecule is CCCCCCN1CCN(c2ccc(CN)cn2)CC1. The Morgan fingerprint density at radius 1 is 1.10 bits per heavy atom. The van der Waals surface area contributed by atoms with Gasteiger partial charge in [-0.05, 0) is 24.6 Å². The highest BCUT2D eigenvalue weighted by Crippen LogP contribution is 2.14. The molecule has 1 fully saturated rings. The van der Waals surface area contributed by atoms with Crippen LogP contribution in [0.25, 0.3) is 0 Å². The molecule has 0 aromatic carbocycles. The molecule has 2 rings (SSSR count). The number of hydrogen-bond acceptors (Lipinski definition) is 4. The molecule has 0 unspecified atom stereocenters. The summed E-state index contributed by atoms with van der Waals surface area (Å²) < 4.78 is 0. The van der Waals surface area contributed by atoms with E-state index in [1.165, 1.54) is 32.2 Å². The zero-order chi connectivity index (χ0) is 14.2. The molecule has 0 spiro atoms. The molecule has 4 nitrogen and oxygen atoms in total. The number of pyridine rings is 1. The maximum atomic E-state index is 5.60. The van der Waals surface area contributed by atoms with Crippen molar-refractivity contribution in [3.8, 4) is 0 Å². The minimum absolute atomic E-state index is 0.568. The van der Waals surface area contributed by atoms with E-state index in [4.69, 9.17) is 5.73 Å². The summed E-state index contributed by atoms with van der Waals surface area (Å²) in [6, 6.07) is 4.18. The van der Waals surface area contributed by atoms with Gasteiger partial charge in [-0.2, -0.15) is 0 Å². The first-order valence-corrected chi connectivity index (χ1v) is 7.95. The van der Waals surface area contributed by atoms with E-state index < -0.39 is 0 Å². The molecular weight excluding hydrogens is 248 g/mol. The van der Waals surface area contributed by atoms with Gasteiger partial charge in [-0.3, -0.25) is 4.90 Å². The Morgan fingerprint density at radius 3 is 2.50 bits per heavy atom. The Hall–Kier alpha value is -1.13. The van der Waals surface area contributed by atoms with Gasteiger partial charge in [0.25, 0.3) is 0 Å². The summed E-state index contributed by atoms with van der Waals surface area (Å²) >= 11 is 0. The molecule has 2 heterocycles. The third kappa shape index (κ3) is 4.46. The lowest BCUT2D eigenvalue weighted by atomic mass is 10.2. The van der Waals surface area contributed by atoms with Crippen molar-refractivity contribution >= 4 is 5.82 Å². The topological polar surface area (TPSA) is 45.4 Å². The molecule has 0 bridgehead atoms. The van der Waals surface area contributed by atoms with Crippen LogP contribution >= 0.6 is 0 Å². The van der Waals surface area contributed by atoms with E-state index in [1.54, 1.807) is 0 Å². The predicted octanol–water partition coefficient (Wildman–Crippen LogP) is 2.24. The van der Waals surface area contributed by atoms with Crippen LogP contribution in [0.1, 0.15) is 38.2 Å². The van der Waals surface area contributed by atoms with E-state index in [9.17, 15) is 0 Å². The third-order valence-corrected chi connectivity index (χ3v) is 4.07. The van der Waals surface area contributed by atoms with Crippen molar-refractivity contribution in [1.82, 2.24) is 9.88 Å². The fourth-order valence-electron chi connectivity index (χ4n) is 2.69. The van der Waals surface area contributed by atoms with Crippen LogP contribution < -0.4 is 10.6 Å². The van der Waals surface area contributed by atoms with Gasteiger partial charge in [-0.1, -0.05) is 32.3 Å². The van der Waals surface area contributed by atoms with Gasteiger partial charge in [0.15, 0.2) is 0 Å². The van der Waals surface area contributed by atoms with Gasteiger partial charge in [-0.25, -0.2) is 4.98 Å². The van der Waals surface area contributed by atoms with Gasteiger partial charge < -0.3 is 10.6 Å². The van der Waals surface area contributed by atoms with Crippen molar-refractivity contribution < 1.29 is 0 Å². The normalized spacial score (nSPS) is 16.6. The van der Waals surface area contributed by atoms with Gasteiger partial charge in [0.1, 0.15) is 5.82 Å². The second kappa shape index (κ2) is 8.22. The van der Waals surface area contributed by atoms with Gasteiger partial charge in [0.05, 0.1) is 0 Å². The number of hydrogen-bond donors (Lipinski definition) is 1. The lowest BCUT2D eigenvalue weighted by molar-refractivity contribution is 0.251. The third-order valence-electron chi connectivity index (χ3n) is 4.07.